The number of urea groups is 1. The summed E-state index contributed by atoms with van der Waals surface area (Å²) < 4.78 is 26.2. The number of sulfonamides is 1. The summed E-state index contributed by atoms with van der Waals surface area (Å²) in [7, 11) is -3.26. The molecule has 0 spiro atoms. The molecule has 1 aliphatic heterocycles. The van der Waals surface area contributed by atoms with Gasteiger partial charge in [-0.3, -0.25) is 5.32 Å². The van der Waals surface area contributed by atoms with Crippen molar-refractivity contribution < 1.29 is 13.2 Å². The van der Waals surface area contributed by atoms with Gasteiger partial charge in [0.05, 0.1) is 10.9 Å². The van der Waals surface area contributed by atoms with Crippen LogP contribution in [-0.2, 0) is 23.0 Å². The highest BCUT2D eigenvalue weighted by molar-refractivity contribution is 7.89. The number of nitrogens with one attached hydrogen (secondary N) is 2. The van der Waals surface area contributed by atoms with Crippen LogP contribution < -0.4 is 10.6 Å². The van der Waals surface area contributed by atoms with Gasteiger partial charge in [0.2, 0.25) is 10.0 Å². The molecular formula is C16H26N4O3S2. The molecule has 2 amide bonds. The van der Waals surface area contributed by atoms with Crippen molar-refractivity contribution in [2.24, 2.45) is 0 Å². The second kappa shape index (κ2) is 7.59. The largest absolute Gasteiger partial charge is 0.335 e. The first-order valence-corrected chi connectivity index (χ1v) is 11.2. The number of carbonyl (C=O) groups is 1. The predicted octanol–water partition coefficient (Wildman–Crippen LogP) is 2.69. The molecule has 0 aromatic carbocycles. The van der Waals surface area contributed by atoms with Crippen LogP contribution in [0.5, 0.6) is 0 Å². The fourth-order valence-corrected chi connectivity index (χ4v) is 5.66. The summed E-state index contributed by atoms with van der Waals surface area (Å²) >= 11 is 1.37. The van der Waals surface area contributed by atoms with Crippen LogP contribution in [0.3, 0.4) is 0 Å². The van der Waals surface area contributed by atoms with Crippen LogP contribution in [0.25, 0.3) is 0 Å². The van der Waals surface area contributed by atoms with E-state index >= 15 is 0 Å². The Morgan fingerprint density at radius 3 is 2.68 bits per heavy atom. The van der Waals surface area contributed by atoms with Crippen molar-refractivity contribution in [1.29, 1.82) is 0 Å². The van der Waals surface area contributed by atoms with E-state index in [4.69, 9.17) is 0 Å². The van der Waals surface area contributed by atoms with E-state index in [1.807, 2.05) is 0 Å². The van der Waals surface area contributed by atoms with Crippen molar-refractivity contribution >= 4 is 32.5 Å². The number of hydrogen-bond donors (Lipinski definition) is 2. The fourth-order valence-electron chi connectivity index (χ4n) is 3.31. The molecule has 2 aliphatic rings. The molecule has 25 heavy (non-hydrogen) atoms. The first-order valence-electron chi connectivity index (χ1n) is 8.91. The molecule has 0 bridgehead atoms. The molecule has 1 aliphatic carbocycles. The molecule has 0 unspecified atom stereocenters. The van der Waals surface area contributed by atoms with E-state index < -0.39 is 15.3 Å². The van der Waals surface area contributed by atoms with E-state index in [1.165, 1.54) is 22.1 Å². The lowest BCUT2D eigenvalue weighted by molar-refractivity contribution is 0.244. The molecule has 1 aromatic heterocycles. The minimum Gasteiger partial charge on any atom is -0.335 e. The van der Waals surface area contributed by atoms with Crippen molar-refractivity contribution in [3.8, 4) is 0 Å². The van der Waals surface area contributed by atoms with Gasteiger partial charge in [0.1, 0.15) is 0 Å². The lowest BCUT2D eigenvalue weighted by Gasteiger charge is -2.26. The highest BCUT2D eigenvalue weighted by atomic mass is 32.2. The molecule has 1 aromatic rings. The van der Waals surface area contributed by atoms with Crippen molar-refractivity contribution in [3.05, 3.63) is 10.6 Å². The quantitative estimate of drug-likeness (QED) is 0.832. The lowest BCUT2D eigenvalue weighted by atomic mass is 9.96. The van der Waals surface area contributed by atoms with Crippen LogP contribution in [0.2, 0.25) is 0 Å². The van der Waals surface area contributed by atoms with Gasteiger partial charge in [-0.1, -0.05) is 30.6 Å². The van der Waals surface area contributed by atoms with Gasteiger partial charge in [0, 0.05) is 30.4 Å². The SMILES string of the molecule is CC(C)S(=O)(=O)N1CCc2nc(NC(=O)NC3CCCCC3)sc2C1. The summed E-state index contributed by atoms with van der Waals surface area (Å²) in [4.78, 5) is 17.5. The van der Waals surface area contributed by atoms with Gasteiger partial charge in [-0.2, -0.15) is 4.31 Å². The Balaban J connectivity index is 1.61. The maximum atomic E-state index is 12.3. The number of fused-ring (bicyclic) bond motifs is 1. The number of anilines is 1. The minimum absolute atomic E-state index is 0.218. The summed E-state index contributed by atoms with van der Waals surface area (Å²) in [6.07, 6.45) is 6.22. The molecule has 0 saturated heterocycles. The third kappa shape index (κ3) is 4.32. The van der Waals surface area contributed by atoms with Crippen molar-refractivity contribution in [2.45, 2.75) is 70.2 Å². The minimum atomic E-state index is -3.26. The molecule has 0 radical (unpaired) electrons. The van der Waals surface area contributed by atoms with E-state index in [0.29, 0.717) is 24.6 Å². The Hall–Kier alpha value is -1.19. The lowest BCUT2D eigenvalue weighted by Crippen LogP contribution is -2.39. The molecule has 1 fully saturated rings. The van der Waals surface area contributed by atoms with Crippen LogP contribution in [0.1, 0.15) is 56.5 Å². The van der Waals surface area contributed by atoms with Crippen molar-refractivity contribution in [3.63, 3.8) is 0 Å². The third-order valence-corrected chi connectivity index (χ3v) is 8.03. The molecule has 7 nitrogen and oxygen atoms in total. The Morgan fingerprint density at radius 2 is 2.00 bits per heavy atom. The van der Waals surface area contributed by atoms with Gasteiger partial charge < -0.3 is 5.32 Å². The Kier molecular flexibility index (Phi) is 5.65. The number of nitrogens with zero attached hydrogens (tertiary/aromatic N) is 2. The number of hydrogen-bond acceptors (Lipinski definition) is 5. The molecule has 140 valence electrons. The number of thiazole rings is 1. The zero-order valence-corrected chi connectivity index (χ0v) is 16.4. The summed E-state index contributed by atoms with van der Waals surface area (Å²) in [6, 6.07) is 0.0275. The average molecular weight is 387 g/mol. The molecule has 0 atom stereocenters. The average Bonchev–Trinajstić information content (AvgIpc) is 2.96. The Bertz CT molecular complexity index is 724. The van der Waals surface area contributed by atoms with E-state index in [1.54, 1.807) is 13.8 Å². The Morgan fingerprint density at radius 1 is 1.28 bits per heavy atom. The van der Waals surface area contributed by atoms with E-state index in [9.17, 15) is 13.2 Å². The molecule has 9 heteroatoms. The van der Waals surface area contributed by atoms with Gasteiger partial charge in [0.25, 0.3) is 0 Å². The summed E-state index contributed by atoms with van der Waals surface area (Å²) in [5.74, 6) is 0. The van der Waals surface area contributed by atoms with Crippen molar-refractivity contribution in [1.82, 2.24) is 14.6 Å². The number of rotatable bonds is 4. The van der Waals surface area contributed by atoms with E-state index in [0.717, 1.165) is 36.3 Å². The maximum absolute atomic E-state index is 12.3. The highest BCUT2D eigenvalue weighted by Gasteiger charge is 2.31. The normalized spacial score (nSPS) is 19.6. The van der Waals surface area contributed by atoms with Gasteiger partial charge in [-0.15, -0.1) is 0 Å². The standard InChI is InChI=1S/C16H26N4O3S2/c1-11(2)25(22,23)20-9-8-13-14(10-20)24-16(18-13)19-15(21)17-12-6-4-3-5-7-12/h11-12H,3-10H2,1-2H3,(H2,17,18,19,21). The van der Waals surface area contributed by atoms with Gasteiger partial charge in [0.15, 0.2) is 5.13 Å². The summed E-state index contributed by atoms with van der Waals surface area (Å²) in [5, 5.41) is 5.93. The first kappa shape index (κ1) is 18.6. The van der Waals surface area contributed by atoms with E-state index in [-0.39, 0.29) is 12.1 Å². The summed E-state index contributed by atoms with van der Waals surface area (Å²) in [5.41, 5.74) is 0.896. The maximum Gasteiger partial charge on any atom is 0.321 e. The highest BCUT2D eigenvalue weighted by Crippen LogP contribution is 2.30. The zero-order valence-electron chi connectivity index (χ0n) is 14.7. The Labute approximate surface area is 153 Å². The van der Waals surface area contributed by atoms with Crippen LogP contribution >= 0.6 is 11.3 Å². The van der Waals surface area contributed by atoms with Crippen LogP contribution in [-0.4, -0.2) is 41.6 Å². The van der Waals surface area contributed by atoms with Crippen LogP contribution in [0.4, 0.5) is 9.93 Å². The smallest absolute Gasteiger partial charge is 0.321 e. The van der Waals surface area contributed by atoms with E-state index in [2.05, 4.69) is 15.6 Å². The number of carbonyl (C=O) groups excluding carboxylic acids is 1. The zero-order chi connectivity index (χ0) is 18.0. The molecule has 3 rings (SSSR count). The second-order valence-electron chi connectivity index (χ2n) is 7.00. The topological polar surface area (TPSA) is 91.4 Å². The fraction of sp³-hybridized carbons (Fsp3) is 0.750. The first-order chi connectivity index (χ1) is 11.9. The van der Waals surface area contributed by atoms with Crippen molar-refractivity contribution in [2.75, 3.05) is 11.9 Å². The van der Waals surface area contributed by atoms with Gasteiger partial charge in [-0.05, 0) is 26.7 Å². The second-order valence-corrected chi connectivity index (χ2v) is 10.6. The molecular weight excluding hydrogens is 360 g/mol. The summed E-state index contributed by atoms with van der Waals surface area (Å²) in [6.45, 7) is 4.19. The monoisotopic (exact) mass is 386 g/mol. The number of aromatic nitrogens is 1. The number of amides is 2. The van der Waals surface area contributed by atoms with Crippen LogP contribution in [0.15, 0.2) is 0 Å². The molecule has 1 saturated carbocycles. The van der Waals surface area contributed by atoms with Crippen LogP contribution in [0, 0.1) is 0 Å². The third-order valence-electron chi connectivity index (χ3n) is 4.81. The van der Waals surface area contributed by atoms with Gasteiger partial charge in [-0.25, -0.2) is 18.2 Å². The van der Waals surface area contributed by atoms with Gasteiger partial charge >= 0.3 is 6.03 Å². The molecule has 2 N–H and O–H groups in total. The molecule has 2 heterocycles. The predicted molar refractivity (Wildman–Crippen MR) is 99.3 cm³/mol.